The maximum Gasteiger partial charge on any atom is 0.223 e. The van der Waals surface area contributed by atoms with E-state index in [2.05, 4.69) is 14.9 Å². The molecule has 0 bridgehead atoms. The minimum Gasteiger partial charge on any atom is -0.368 e. The van der Waals surface area contributed by atoms with E-state index >= 15 is 0 Å². The highest BCUT2D eigenvalue weighted by Crippen LogP contribution is 2.20. The third-order valence-electron chi connectivity index (χ3n) is 2.88. The number of nitrogens with zero attached hydrogens (tertiary/aromatic N) is 3. The van der Waals surface area contributed by atoms with Crippen LogP contribution in [-0.4, -0.2) is 23.1 Å². The Morgan fingerprint density at radius 3 is 2.31 bits per heavy atom. The van der Waals surface area contributed by atoms with Gasteiger partial charge in [-0.05, 0) is 12.8 Å². The van der Waals surface area contributed by atoms with Crippen LogP contribution in [-0.2, 0) is 0 Å². The predicted molar refractivity (Wildman–Crippen MR) is 66.8 cm³/mol. The average Bonchev–Trinajstić information content (AvgIpc) is 2.14. The highest BCUT2D eigenvalue weighted by molar-refractivity contribution is 6.29. The fraction of sp³-hybridized carbons (Fsp3) is 0.636. The summed E-state index contributed by atoms with van der Waals surface area (Å²) in [6.07, 6.45) is 6.36. The van der Waals surface area contributed by atoms with E-state index in [4.69, 9.17) is 17.3 Å². The summed E-state index contributed by atoms with van der Waals surface area (Å²) in [4.78, 5) is 10.4. The lowest BCUT2D eigenvalue weighted by atomic mass is 10.1. The van der Waals surface area contributed by atoms with Crippen LogP contribution in [0.3, 0.4) is 0 Å². The highest BCUT2D eigenvalue weighted by atomic mass is 35.5. The first kappa shape index (κ1) is 11.5. The molecule has 0 saturated carbocycles. The number of hydrogen-bond donors (Lipinski definition) is 1. The monoisotopic (exact) mass is 240 g/mol. The summed E-state index contributed by atoms with van der Waals surface area (Å²) in [6, 6.07) is 1.79. The first-order valence-corrected chi connectivity index (χ1v) is 6.18. The maximum atomic E-state index is 5.88. The van der Waals surface area contributed by atoms with Gasteiger partial charge in [-0.1, -0.05) is 30.9 Å². The molecule has 0 amide bonds. The Bertz CT molecular complexity index is 328. The largest absolute Gasteiger partial charge is 0.368 e. The second-order valence-electron chi connectivity index (χ2n) is 4.16. The number of hydrogen-bond acceptors (Lipinski definition) is 4. The van der Waals surface area contributed by atoms with E-state index in [1.165, 1.54) is 32.1 Å². The van der Waals surface area contributed by atoms with Crippen LogP contribution in [0.5, 0.6) is 0 Å². The maximum absolute atomic E-state index is 5.88. The standard InChI is InChI=1S/C11H17ClN4/c12-9-8-10(15-11(13)14-9)16-6-4-2-1-3-5-7-16/h8H,1-7H2,(H2,13,14,15). The van der Waals surface area contributed by atoms with Gasteiger partial charge in [-0.25, -0.2) is 4.98 Å². The molecule has 1 fully saturated rings. The van der Waals surface area contributed by atoms with E-state index in [-0.39, 0.29) is 5.95 Å². The van der Waals surface area contributed by atoms with Gasteiger partial charge in [-0.15, -0.1) is 0 Å². The van der Waals surface area contributed by atoms with Gasteiger partial charge < -0.3 is 10.6 Å². The van der Waals surface area contributed by atoms with Crippen molar-refractivity contribution in [1.82, 2.24) is 9.97 Å². The van der Waals surface area contributed by atoms with E-state index in [1.54, 1.807) is 6.07 Å². The van der Waals surface area contributed by atoms with Crippen LogP contribution in [0.2, 0.25) is 5.15 Å². The first-order valence-electron chi connectivity index (χ1n) is 5.81. The molecule has 1 aliphatic heterocycles. The van der Waals surface area contributed by atoms with Gasteiger partial charge in [0.15, 0.2) is 0 Å². The zero-order chi connectivity index (χ0) is 11.4. The summed E-state index contributed by atoms with van der Waals surface area (Å²) in [5.41, 5.74) is 5.60. The topological polar surface area (TPSA) is 55.0 Å². The SMILES string of the molecule is Nc1nc(Cl)cc(N2CCCCCCC2)n1. The Balaban J connectivity index is 2.13. The van der Waals surface area contributed by atoms with Crippen molar-refractivity contribution in [3.63, 3.8) is 0 Å². The van der Waals surface area contributed by atoms with Gasteiger partial charge >= 0.3 is 0 Å². The Hall–Kier alpha value is -1.03. The van der Waals surface area contributed by atoms with Crippen molar-refractivity contribution in [2.24, 2.45) is 0 Å². The van der Waals surface area contributed by atoms with E-state index < -0.39 is 0 Å². The zero-order valence-electron chi connectivity index (χ0n) is 9.32. The molecule has 2 N–H and O–H groups in total. The summed E-state index contributed by atoms with van der Waals surface area (Å²) in [5.74, 6) is 1.11. The lowest BCUT2D eigenvalue weighted by Crippen LogP contribution is -2.28. The molecular formula is C11H17ClN4. The molecule has 2 heterocycles. The van der Waals surface area contributed by atoms with Gasteiger partial charge in [0.1, 0.15) is 11.0 Å². The molecule has 2 rings (SSSR count). The smallest absolute Gasteiger partial charge is 0.223 e. The van der Waals surface area contributed by atoms with Crippen molar-refractivity contribution in [3.8, 4) is 0 Å². The van der Waals surface area contributed by atoms with Crippen molar-refractivity contribution in [2.75, 3.05) is 23.7 Å². The van der Waals surface area contributed by atoms with Gasteiger partial charge in [-0.2, -0.15) is 4.98 Å². The first-order chi connectivity index (χ1) is 7.75. The van der Waals surface area contributed by atoms with Gasteiger partial charge in [0.25, 0.3) is 0 Å². The van der Waals surface area contributed by atoms with Crippen molar-refractivity contribution >= 4 is 23.4 Å². The molecule has 1 aliphatic rings. The Morgan fingerprint density at radius 1 is 1.06 bits per heavy atom. The van der Waals surface area contributed by atoms with Crippen molar-refractivity contribution in [3.05, 3.63) is 11.2 Å². The molecule has 4 nitrogen and oxygen atoms in total. The van der Waals surface area contributed by atoms with Crippen molar-refractivity contribution < 1.29 is 0 Å². The number of rotatable bonds is 1. The Labute approximate surface area is 101 Å². The van der Waals surface area contributed by atoms with Crippen molar-refractivity contribution in [1.29, 1.82) is 0 Å². The van der Waals surface area contributed by atoms with E-state index in [1.807, 2.05) is 0 Å². The molecule has 0 atom stereocenters. The minimum absolute atomic E-state index is 0.254. The Morgan fingerprint density at radius 2 is 1.69 bits per heavy atom. The molecule has 0 aromatic carbocycles. The molecule has 88 valence electrons. The molecular weight excluding hydrogens is 224 g/mol. The van der Waals surface area contributed by atoms with Crippen LogP contribution in [0.25, 0.3) is 0 Å². The van der Waals surface area contributed by atoms with Crippen LogP contribution in [0.4, 0.5) is 11.8 Å². The van der Waals surface area contributed by atoms with Gasteiger partial charge in [-0.3, -0.25) is 0 Å². The van der Waals surface area contributed by atoms with E-state index in [0.29, 0.717) is 5.15 Å². The molecule has 16 heavy (non-hydrogen) atoms. The van der Waals surface area contributed by atoms with Gasteiger partial charge in [0.05, 0.1) is 0 Å². The van der Waals surface area contributed by atoms with Crippen LogP contribution in [0.15, 0.2) is 6.07 Å². The normalized spacial score (nSPS) is 17.9. The molecule has 1 aromatic heterocycles. The number of anilines is 2. The second-order valence-corrected chi connectivity index (χ2v) is 4.55. The zero-order valence-corrected chi connectivity index (χ0v) is 10.1. The Kier molecular flexibility index (Phi) is 3.83. The molecule has 0 aliphatic carbocycles. The third kappa shape index (κ3) is 2.98. The van der Waals surface area contributed by atoms with E-state index in [9.17, 15) is 0 Å². The summed E-state index contributed by atoms with van der Waals surface area (Å²) in [5, 5.41) is 0.421. The van der Waals surface area contributed by atoms with Crippen LogP contribution in [0.1, 0.15) is 32.1 Å². The van der Waals surface area contributed by atoms with Gasteiger partial charge in [0.2, 0.25) is 5.95 Å². The number of nitrogens with two attached hydrogens (primary N) is 1. The van der Waals surface area contributed by atoms with Crippen LogP contribution in [0, 0.1) is 0 Å². The second kappa shape index (κ2) is 5.34. The van der Waals surface area contributed by atoms with Gasteiger partial charge in [0, 0.05) is 19.2 Å². The molecule has 0 radical (unpaired) electrons. The highest BCUT2D eigenvalue weighted by Gasteiger charge is 2.11. The third-order valence-corrected chi connectivity index (χ3v) is 3.07. The minimum atomic E-state index is 0.254. The fourth-order valence-corrected chi connectivity index (χ4v) is 2.25. The molecule has 0 unspecified atom stereocenters. The van der Waals surface area contributed by atoms with E-state index in [0.717, 1.165) is 18.9 Å². The fourth-order valence-electron chi connectivity index (χ4n) is 2.06. The number of aromatic nitrogens is 2. The van der Waals surface area contributed by atoms with Crippen LogP contribution < -0.4 is 10.6 Å². The summed E-state index contributed by atoms with van der Waals surface area (Å²) in [6.45, 7) is 2.07. The molecule has 1 aromatic rings. The number of halogens is 1. The summed E-state index contributed by atoms with van der Waals surface area (Å²) in [7, 11) is 0. The lowest BCUT2D eigenvalue weighted by Gasteiger charge is -2.25. The number of nitrogen functional groups attached to an aromatic ring is 1. The summed E-state index contributed by atoms with van der Waals surface area (Å²) >= 11 is 5.88. The quantitative estimate of drug-likeness (QED) is 0.767. The molecule has 5 heteroatoms. The lowest BCUT2D eigenvalue weighted by molar-refractivity contribution is 0.554. The summed E-state index contributed by atoms with van der Waals surface area (Å²) < 4.78 is 0. The average molecular weight is 241 g/mol. The molecule has 0 spiro atoms. The van der Waals surface area contributed by atoms with Crippen molar-refractivity contribution in [2.45, 2.75) is 32.1 Å². The predicted octanol–water partition coefficient (Wildman–Crippen LogP) is 2.48. The van der Waals surface area contributed by atoms with Crippen LogP contribution >= 0.6 is 11.6 Å². The molecule has 1 saturated heterocycles.